The van der Waals surface area contributed by atoms with Crippen molar-refractivity contribution in [3.05, 3.63) is 62.1 Å². The van der Waals surface area contributed by atoms with E-state index in [1.807, 2.05) is 12.3 Å². The zero-order chi connectivity index (χ0) is 19.6. The Labute approximate surface area is 160 Å². The zero-order valence-corrected chi connectivity index (χ0v) is 15.7. The summed E-state index contributed by atoms with van der Waals surface area (Å²) in [6.45, 7) is 10.7. The highest BCUT2D eigenvalue weighted by Crippen LogP contribution is 2.08. The van der Waals surface area contributed by atoms with Gasteiger partial charge in [-0.3, -0.25) is 0 Å². The fraction of sp³-hybridized carbons (Fsp3) is 0.278. The number of hydrogen-bond donors (Lipinski definition) is 6. The van der Waals surface area contributed by atoms with Crippen molar-refractivity contribution >= 4 is 17.8 Å². The molecule has 1 aromatic rings. The molecule has 6 N–H and O–H groups in total. The van der Waals surface area contributed by atoms with Crippen LogP contribution in [0.25, 0.3) is 0 Å². The van der Waals surface area contributed by atoms with E-state index in [4.69, 9.17) is 0 Å². The average Bonchev–Trinajstić information content (AvgIpc) is 2.67. The van der Waals surface area contributed by atoms with Gasteiger partial charge in [0.15, 0.2) is 0 Å². The lowest BCUT2D eigenvalue weighted by atomic mass is 10.5. The van der Waals surface area contributed by atoms with Crippen LogP contribution in [0.5, 0.6) is 0 Å². The predicted octanol–water partition coefficient (Wildman–Crippen LogP) is 2.07. The second kappa shape index (κ2) is 14.8. The predicted molar refractivity (Wildman–Crippen MR) is 113 cm³/mol. The van der Waals surface area contributed by atoms with E-state index in [2.05, 4.69) is 66.9 Å². The van der Waals surface area contributed by atoms with Crippen LogP contribution in [-0.4, -0.2) is 35.0 Å². The summed E-state index contributed by atoms with van der Waals surface area (Å²) in [5, 5.41) is 18.5. The number of allylic oxidation sites excluding steroid dienone is 5. The van der Waals surface area contributed by atoms with E-state index in [0.717, 1.165) is 6.42 Å². The van der Waals surface area contributed by atoms with Gasteiger partial charge in [0.05, 0.1) is 20.0 Å². The van der Waals surface area contributed by atoms with Crippen LogP contribution in [0.3, 0.4) is 0 Å². The monoisotopic (exact) mass is 371 g/mol. The van der Waals surface area contributed by atoms with Gasteiger partial charge in [0.2, 0.25) is 17.8 Å². The van der Waals surface area contributed by atoms with Crippen molar-refractivity contribution in [1.82, 2.24) is 30.9 Å². The smallest absolute Gasteiger partial charge is 0.230 e. The van der Waals surface area contributed by atoms with E-state index < -0.39 is 0 Å². The molecule has 0 bridgehead atoms. The maximum Gasteiger partial charge on any atom is 0.230 e. The van der Waals surface area contributed by atoms with Crippen molar-refractivity contribution in [3.8, 4) is 0 Å². The molecule has 0 amide bonds. The number of nitrogens with zero attached hydrogens (tertiary/aromatic N) is 3. The van der Waals surface area contributed by atoms with E-state index in [9.17, 15) is 0 Å². The van der Waals surface area contributed by atoms with Crippen LogP contribution in [0.15, 0.2) is 62.1 Å². The molecule has 0 atom stereocenters. The van der Waals surface area contributed by atoms with Crippen LogP contribution < -0.4 is 31.9 Å². The number of hydrogen-bond acceptors (Lipinski definition) is 9. The molecule has 0 aliphatic carbocycles. The van der Waals surface area contributed by atoms with Crippen LogP contribution in [0, 0.1) is 0 Å². The van der Waals surface area contributed by atoms with Crippen molar-refractivity contribution in [2.45, 2.75) is 13.3 Å². The van der Waals surface area contributed by atoms with E-state index >= 15 is 0 Å². The molecule has 1 aromatic heterocycles. The Morgan fingerprint density at radius 3 is 1.48 bits per heavy atom. The molecule has 0 aliphatic heterocycles. The van der Waals surface area contributed by atoms with Gasteiger partial charge in [-0.05, 0) is 37.2 Å². The Bertz CT molecular complexity index is 595. The van der Waals surface area contributed by atoms with Crippen LogP contribution >= 0.6 is 0 Å². The zero-order valence-electron chi connectivity index (χ0n) is 15.7. The van der Waals surface area contributed by atoms with Gasteiger partial charge < -0.3 is 31.9 Å². The largest absolute Gasteiger partial charge is 0.374 e. The molecule has 0 radical (unpaired) electrons. The van der Waals surface area contributed by atoms with Gasteiger partial charge in [0, 0.05) is 0 Å². The molecular formula is C18H29N9. The minimum Gasteiger partial charge on any atom is -0.374 e. The summed E-state index contributed by atoms with van der Waals surface area (Å²) in [6.07, 6.45) is 15.4. The van der Waals surface area contributed by atoms with Gasteiger partial charge in [-0.25, -0.2) is 0 Å². The fourth-order valence-corrected chi connectivity index (χ4v) is 1.65. The number of rotatable bonds is 15. The maximum atomic E-state index is 4.35. The summed E-state index contributed by atoms with van der Waals surface area (Å²) in [7, 11) is 0. The second-order valence-electron chi connectivity index (χ2n) is 4.98. The Morgan fingerprint density at radius 1 is 0.704 bits per heavy atom. The van der Waals surface area contributed by atoms with E-state index in [1.54, 1.807) is 36.7 Å². The topological polar surface area (TPSA) is 111 Å². The quantitative estimate of drug-likeness (QED) is 0.157. The first-order valence-electron chi connectivity index (χ1n) is 8.68. The van der Waals surface area contributed by atoms with Crippen molar-refractivity contribution in [1.29, 1.82) is 0 Å². The number of nitrogens with one attached hydrogen (secondary N) is 6. The molecule has 0 aromatic carbocycles. The Balaban J connectivity index is 2.66. The van der Waals surface area contributed by atoms with Crippen molar-refractivity contribution < 1.29 is 0 Å². The van der Waals surface area contributed by atoms with E-state index in [-0.39, 0.29) is 0 Å². The summed E-state index contributed by atoms with van der Waals surface area (Å²) in [5.41, 5.74) is 0. The summed E-state index contributed by atoms with van der Waals surface area (Å²) >= 11 is 0. The molecule has 0 saturated carbocycles. The van der Waals surface area contributed by atoms with Crippen LogP contribution in [0.2, 0.25) is 0 Å². The minimum absolute atomic E-state index is 0.445. The van der Waals surface area contributed by atoms with Gasteiger partial charge in [-0.15, -0.1) is 0 Å². The van der Waals surface area contributed by atoms with E-state index in [0.29, 0.717) is 37.9 Å². The Hall–Kier alpha value is -3.49. The molecule has 27 heavy (non-hydrogen) atoms. The molecule has 0 unspecified atom stereocenters. The lowest BCUT2D eigenvalue weighted by Gasteiger charge is -2.11. The highest BCUT2D eigenvalue weighted by Gasteiger charge is 2.05. The highest BCUT2D eigenvalue weighted by atomic mass is 15.3. The van der Waals surface area contributed by atoms with Crippen LogP contribution in [0.1, 0.15) is 13.3 Å². The number of anilines is 3. The highest BCUT2D eigenvalue weighted by molar-refractivity contribution is 5.42. The average molecular weight is 371 g/mol. The first-order chi connectivity index (χ1) is 13.3. The van der Waals surface area contributed by atoms with Crippen LogP contribution in [0.4, 0.5) is 17.8 Å². The van der Waals surface area contributed by atoms with Crippen molar-refractivity contribution in [2.75, 3.05) is 36.0 Å². The van der Waals surface area contributed by atoms with Crippen molar-refractivity contribution in [2.24, 2.45) is 0 Å². The molecule has 0 spiro atoms. The SMILES string of the molecule is C=CC=CNCNc1nc(NCNC=CC=C)nc(NCNC=CCC)n1. The molecule has 9 heteroatoms. The van der Waals surface area contributed by atoms with Gasteiger partial charge in [0.1, 0.15) is 0 Å². The Kier molecular flexibility index (Phi) is 11.8. The van der Waals surface area contributed by atoms with Gasteiger partial charge in [-0.2, -0.15) is 15.0 Å². The molecule has 0 saturated heterocycles. The first kappa shape index (κ1) is 21.6. The molecule has 1 rings (SSSR count). The molecule has 0 fully saturated rings. The first-order valence-corrected chi connectivity index (χ1v) is 8.68. The third-order valence-corrected chi connectivity index (χ3v) is 2.85. The standard InChI is InChI=1S/C18H29N9/c1-4-7-10-19-13-22-16-25-17(23-14-20-11-8-5-2)27-18(26-16)24-15-21-12-9-6-3/h4-5,7-12,19-21H,1-2,6,13-15H2,3H3,(H3,22,23,24,25,26,27). The lowest BCUT2D eigenvalue weighted by Crippen LogP contribution is -2.23. The molecule has 1 heterocycles. The minimum atomic E-state index is 0.445. The third kappa shape index (κ3) is 10.9. The summed E-state index contributed by atoms with van der Waals surface area (Å²) in [5.74, 6) is 1.34. The van der Waals surface area contributed by atoms with Crippen molar-refractivity contribution in [3.63, 3.8) is 0 Å². The third-order valence-electron chi connectivity index (χ3n) is 2.85. The number of aromatic nitrogens is 3. The van der Waals surface area contributed by atoms with Gasteiger partial charge >= 0.3 is 0 Å². The summed E-state index contributed by atoms with van der Waals surface area (Å²) < 4.78 is 0. The molecular weight excluding hydrogens is 342 g/mol. The summed E-state index contributed by atoms with van der Waals surface area (Å²) in [4.78, 5) is 13.0. The maximum absolute atomic E-state index is 4.35. The fourth-order valence-electron chi connectivity index (χ4n) is 1.65. The summed E-state index contributed by atoms with van der Waals surface area (Å²) in [6, 6.07) is 0. The lowest BCUT2D eigenvalue weighted by molar-refractivity contribution is 0.866. The molecule has 9 nitrogen and oxygen atoms in total. The van der Waals surface area contributed by atoms with E-state index in [1.165, 1.54) is 0 Å². The van der Waals surface area contributed by atoms with Gasteiger partial charge in [0.25, 0.3) is 0 Å². The van der Waals surface area contributed by atoms with Crippen LogP contribution in [-0.2, 0) is 0 Å². The van der Waals surface area contributed by atoms with Gasteiger partial charge in [-0.1, -0.05) is 38.3 Å². The normalized spacial score (nSPS) is 10.9. The Morgan fingerprint density at radius 2 is 1.11 bits per heavy atom. The second-order valence-corrected chi connectivity index (χ2v) is 4.98. The molecule has 146 valence electrons. The molecule has 0 aliphatic rings.